The maximum absolute atomic E-state index is 13.8. The molecule has 9 heteroatoms. The lowest BCUT2D eigenvalue weighted by Gasteiger charge is -2.27. The van der Waals surface area contributed by atoms with Crippen molar-refractivity contribution in [3.8, 4) is 5.69 Å². The van der Waals surface area contributed by atoms with Crippen LogP contribution in [0.5, 0.6) is 0 Å². The van der Waals surface area contributed by atoms with Crippen LogP contribution in [0.3, 0.4) is 0 Å². The van der Waals surface area contributed by atoms with Crippen LogP contribution in [0.2, 0.25) is 0 Å². The molecule has 3 atom stereocenters. The highest BCUT2D eigenvalue weighted by atomic mass is 19.4. The monoisotopic (exact) mass is 572 g/mol. The van der Waals surface area contributed by atoms with Gasteiger partial charge in [-0.05, 0) is 72.9 Å². The molecule has 1 saturated carbocycles. The second kappa shape index (κ2) is 10.1. The summed E-state index contributed by atoms with van der Waals surface area (Å²) in [6, 6.07) is 20.2. The molecule has 0 radical (unpaired) electrons. The standard InChI is InChI=1S/C33H28F4N4O/c1-4-25(33(35,36)37)30(38-5-2)31(42)40-18-27-29(21-9-7-6-8-10-21)32(27,19-40)26-16-22-17-39-41(28(22)15-20(26)3)24-13-11-23(34)12-14-24/h4-17,27,29H,2,18-19H2,1,3H3/b25-4+,38-30?/t27-,29-,32+/m1/s1. The summed E-state index contributed by atoms with van der Waals surface area (Å²) in [5, 5.41) is 5.42. The number of piperidine rings is 1. The molecule has 0 spiro atoms. The number of aliphatic imine (C=N–C) groups is 1. The normalized spacial score (nSPS) is 22.4. The first kappa shape index (κ1) is 27.6. The molecule has 2 heterocycles. The number of aryl methyl sites for hydroxylation is 1. The highest BCUT2D eigenvalue weighted by molar-refractivity contribution is 6.45. The Morgan fingerprint density at radius 3 is 2.48 bits per heavy atom. The number of likely N-dealkylation sites (tertiary alicyclic amines) is 1. The van der Waals surface area contributed by atoms with E-state index in [4.69, 9.17) is 0 Å². The van der Waals surface area contributed by atoms with Crippen LogP contribution in [-0.4, -0.2) is 45.6 Å². The largest absolute Gasteiger partial charge is 0.418 e. The van der Waals surface area contributed by atoms with Gasteiger partial charge in [0.25, 0.3) is 5.91 Å². The summed E-state index contributed by atoms with van der Waals surface area (Å²) in [6.45, 7) is 7.23. The van der Waals surface area contributed by atoms with Crippen LogP contribution in [-0.2, 0) is 10.2 Å². The number of amides is 1. The lowest BCUT2D eigenvalue weighted by molar-refractivity contribution is -0.124. The van der Waals surface area contributed by atoms with Gasteiger partial charge in [-0.25, -0.2) is 9.07 Å². The molecule has 1 aliphatic heterocycles. The first-order valence-corrected chi connectivity index (χ1v) is 13.6. The van der Waals surface area contributed by atoms with Crippen LogP contribution in [0.25, 0.3) is 16.6 Å². The van der Waals surface area contributed by atoms with Crippen LogP contribution in [0, 0.1) is 18.7 Å². The number of carbonyl (C=O) groups is 1. The van der Waals surface area contributed by atoms with E-state index in [1.165, 1.54) is 24.0 Å². The van der Waals surface area contributed by atoms with Gasteiger partial charge in [-0.1, -0.05) is 43.0 Å². The first-order valence-electron chi connectivity index (χ1n) is 13.6. The molecule has 1 saturated heterocycles. The fourth-order valence-corrected chi connectivity index (χ4v) is 6.80. The molecule has 0 unspecified atom stereocenters. The summed E-state index contributed by atoms with van der Waals surface area (Å²) < 4.78 is 56.7. The molecule has 42 heavy (non-hydrogen) atoms. The average molecular weight is 573 g/mol. The fraction of sp³-hybridized carbons (Fsp3) is 0.242. The van der Waals surface area contributed by atoms with Crippen LogP contribution >= 0.6 is 0 Å². The van der Waals surface area contributed by atoms with E-state index in [9.17, 15) is 22.4 Å². The minimum atomic E-state index is -4.73. The molecular formula is C33H28F4N4O. The first-order chi connectivity index (χ1) is 20.1. The molecule has 0 N–H and O–H groups in total. The quantitative estimate of drug-likeness (QED) is 0.184. The third-order valence-corrected chi connectivity index (χ3v) is 8.58. The molecule has 2 aliphatic rings. The Kier molecular flexibility index (Phi) is 6.63. The fourth-order valence-electron chi connectivity index (χ4n) is 6.80. The summed E-state index contributed by atoms with van der Waals surface area (Å²) in [6.07, 6.45) is -1.14. The average Bonchev–Trinajstić information content (AvgIpc) is 3.21. The molecule has 0 bridgehead atoms. The topological polar surface area (TPSA) is 50.5 Å². The zero-order valence-corrected chi connectivity index (χ0v) is 23.1. The summed E-state index contributed by atoms with van der Waals surface area (Å²) in [5.74, 6) is -0.994. The van der Waals surface area contributed by atoms with Gasteiger partial charge in [0.05, 0.1) is 23.0 Å². The summed E-state index contributed by atoms with van der Waals surface area (Å²) >= 11 is 0. The highest BCUT2D eigenvalue weighted by Crippen LogP contribution is 2.69. The highest BCUT2D eigenvalue weighted by Gasteiger charge is 2.71. The smallest absolute Gasteiger partial charge is 0.336 e. The number of alkyl halides is 3. The van der Waals surface area contributed by atoms with Crippen LogP contribution in [0.15, 0.2) is 102 Å². The zero-order chi connectivity index (χ0) is 29.8. The van der Waals surface area contributed by atoms with Gasteiger partial charge in [0.15, 0.2) is 0 Å². The molecule has 2 fully saturated rings. The maximum atomic E-state index is 13.8. The predicted octanol–water partition coefficient (Wildman–Crippen LogP) is 7.06. The number of benzene rings is 3. The van der Waals surface area contributed by atoms with Crippen molar-refractivity contribution in [3.63, 3.8) is 0 Å². The lowest BCUT2D eigenvalue weighted by Crippen LogP contribution is -2.41. The lowest BCUT2D eigenvalue weighted by atomic mass is 9.86. The SMILES string of the molecule is C=CN=C(C(=O)N1C[C@@H]2[C@@H](c3ccccc3)[C@]2(c2cc3cnn(-c4ccc(F)cc4)c3cc2C)C1)/C(=C\C)C(F)(F)F. The third kappa shape index (κ3) is 4.35. The number of allylic oxidation sites excluding steroid dienone is 1. The van der Waals surface area contributed by atoms with E-state index < -0.39 is 28.8 Å². The van der Waals surface area contributed by atoms with E-state index in [2.05, 4.69) is 34.9 Å². The van der Waals surface area contributed by atoms with E-state index in [0.29, 0.717) is 6.54 Å². The van der Waals surface area contributed by atoms with E-state index in [-0.39, 0.29) is 24.2 Å². The molecule has 1 aliphatic carbocycles. The number of fused-ring (bicyclic) bond motifs is 2. The molecule has 5 nitrogen and oxygen atoms in total. The summed E-state index contributed by atoms with van der Waals surface area (Å²) in [4.78, 5) is 18.9. The van der Waals surface area contributed by atoms with Crippen LogP contribution < -0.4 is 0 Å². The van der Waals surface area contributed by atoms with Crippen molar-refractivity contribution >= 4 is 22.5 Å². The van der Waals surface area contributed by atoms with Crippen molar-refractivity contribution in [1.29, 1.82) is 0 Å². The van der Waals surface area contributed by atoms with Crippen molar-refractivity contribution in [1.82, 2.24) is 14.7 Å². The van der Waals surface area contributed by atoms with Gasteiger partial charge in [0, 0.05) is 36.0 Å². The van der Waals surface area contributed by atoms with Gasteiger partial charge < -0.3 is 4.90 Å². The van der Waals surface area contributed by atoms with Gasteiger partial charge in [0.1, 0.15) is 11.5 Å². The number of halogens is 4. The number of carbonyl (C=O) groups excluding carboxylic acids is 1. The van der Waals surface area contributed by atoms with E-state index >= 15 is 0 Å². The van der Waals surface area contributed by atoms with Crippen molar-refractivity contribution < 1.29 is 22.4 Å². The van der Waals surface area contributed by atoms with Gasteiger partial charge in [0.2, 0.25) is 0 Å². The number of hydrogen-bond acceptors (Lipinski definition) is 3. The minimum absolute atomic E-state index is 0.0112. The number of hydrogen-bond donors (Lipinski definition) is 0. The van der Waals surface area contributed by atoms with Crippen molar-refractivity contribution in [2.45, 2.75) is 31.4 Å². The van der Waals surface area contributed by atoms with Crippen molar-refractivity contribution in [2.24, 2.45) is 10.9 Å². The molecule has 1 aromatic heterocycles. The van der Waals surface area contributed by atoms with E-state index in [1.807, 2.05) is 31.2 Å². The Bertz CT molecular complexity index is 1750. The second-order valence-corrected chi connectivity index (χ2v) is 10.8. The van der Waals surface area contributed by atoms with Crippen LogP contribution in [0.1, 0.15) is 29.5 Å². The molecule has 1 amide bonds. The third-order valence-electron chi connectivity index (χ3n) is 8.58. The Morgan fingerprint density at radius 1 is 1.12 bits per heavy atom. The Morgan fingerprint density at radius 2 is 1.83 bits per heavy atom. The summed E-state index contributed by atoms with van der Waals surface area (Å²) in [7, 11) is 0. The van der Waals surface area contributed by atoms with Crippen LogP contribution in [0.4, 0.5) is 17.6 Å². The molecule has 3 aromatic carbocycles. The molecular weight excluding hydrogens is 544 g/mol. The minimum Gasteiger partial charge on any atom is -0.336 e. The number of aromatic nitrogens is 2. The van der Waals surface area contributed by atoms with Crippen molar-refractivity contribution in [3.05, 3.63) is 120 Å². The Balaban J connectivity index is 1.42. The van der Waals surface area contributed by atoms with Gasteiger partial charge in [-0.2, -0.15) is 18.3 Å². The second-order valence-electron chi connectivity index (χ2n) is 10.8. The number of rotatable bonds is 6. The molecule has 6 rings (SSSR count). The van der Waals surface area contributed by atoms with Crippen molar-refractivity contribution in [2.75, 3.05) is 13.1 Å². The Labute approximate surface area is 240 Å². The maximum Gasteiger partial charge on any atom is 0.418 e. The predicted molar refractivity (Wildman–Crippen MR) is 154 cm³/mol. The molecule has 214 valence electrons. The number of nitrogens with zero attached hydrogens (tertiary/aromatic N) is 4. The zero-order valence-electron chi connectivity index (χ0n) is 23.1. The van der Waals surface area contributed by atoms with E-state index in [1.54, 1.807) is 23.0 Å². The molecule has 4 aromatic rings. The Hall–Kier alpha value is -4.53. The van der Waals surface area contributed by atoms with E-state index in [0.717, 1.165) is 45.6 Å². The van der Waals surface area contributed by atoms with Gasteiger partial charge in [-0.15, -0.1) is 0 Å². The van der Waals surface area contributed by atoms with Gasteiger partial charge in [-0.3, -0.25) is 9.79 Å². The summed E-state index contributed by atoms with van der Waals surface area (Å²) in [5.41, 5.74) is 2.50. The van der Waals surface area contributed by atoms with Gasteiger partial charge >= 0.3 is 6.18 Å².